The summed E-state index contributed by atoms with van der Waals surface area (Å²) in [7, 11) is -13.0. The number of anilines is 4. The summed E-state index contributed by atoms with van der Waals surface area (Å²) in [5, 5.41) is 0. The Hall–Kier alpha value is -4.57. The van der Waals surface area contributed by atoms with Gasteiger partial charge in [0.15, 0.2) is 0 Å². The molecule has 0 aliphatic carbocycles. The largest absolute Gasteiger partial charge is 0.341 e. The van der Waals surface area contributed by atoms with Gasteiger partial charge in [0, 0.05) is 41.8 Å². The minimum Gasteiger partial charge on any atom is -0.341 e. The Morgan fingerprint density at radius 2 is 0.860 bits per heavy atom. The minimum absolute atomic E-state index is 0.165. The van der Waals surface area contributed by atoms with Crippen molar-refractivity contribution in [2.24, 2.45) is 0 Å². The topological polar surface area (TPSA) is 170 Å². The third-order valence-corrected chi connectivity index (χ3v) is 12.5. The van der Waals surface area contributed by atoms with Crippen molar-refractivity contribution in [1.82, 2.24) is 0 Å². The van der Waals surface area contributed by atoms with Gasteiger partial charge in [0.05, 0.1) is 16.4 Å². The molecular weight excluding hydrogens is 785 g/mol. The lowest BCUT2D eigenvalue weighted by atomic mass is 9.85. The summed E-state index contributed by atoms with van der Waals surface area (Å²) in [5.74, 6) is -1.48. The van der Waals surface area contributed by atoms with E-state index >= 15 is 0 Å². The van der Waals surface area contributed by atoms with Crippen molar-refractivity contribution in [2.75, 3.05) is 34.4 Å². The highest BCUT2D eigenvalue weighted by Crippen LogP contribution is 2.40. The smallest absolute Gasteiger partial charge is 0.294 e. The minimum atomic E-state index is -4.64. The highest BCUT2D eigenvalue weighted by molar-refractivity contribution is 7.86. The average Bonchev–Trinajstić information content (AvgIpc) is 3.09. The van der Waals surface area contributed by atoms with Crippen LogP contribution < -0.4 is 9.80 Å². The van der Waals surface area contributed by atoms with Crippen LogP contribution in [0.3, 0.4) is 0 Å². The zero-order valence-electron chi connectivity index (χ0n) is 33.0. The van der Waals surface area contributed by atoms with E-state index in [1.54, 1.807) is 18.2 Å². The Labute approximate surface area is 337 Å². The molecule has 14 heteroatoms. The van der Waals surface area contributed by atoms with Crippen molar-refractivity contribution in [3.05, 3.63) is 147 Å². The van der Waals surface area contributed by atoms with Gasteiger partial charge >= 0.3 is 0 Å². The molecule has 0 aliphatic heterocycles. The lowest BCUT2D eigenvalue weighted by Gasteiger charge is -2.30. The van der Waals surface area contributed by atoms with Gasteiger partial charge in [0.2, 0.25) is 0 Å². The van der Waals surface area contributed by atoms with Gasteiger partial charge in [-0.3, -0.25) is 13.7 Å². The van der Waals surface area contributed by atoms with E-state index < -0.39 is 47.8 Å². The molecule has 0 unspecified atom stereocenters. The summed E-state index contributed by atoms with van der Waals surface area (Å²) >= 11 is 0. The first kappa shape index (κ1) is 43.6. The van der Waals surface area contributed by atoms with Gasteiger partial charge in [-0.05, 0) is 124 Å². The van der Waals surface area contributed by atoms with Crippen LogP contribution in [-0.4, -0.2) is 63.5 Å². The fourth-order valence-electron chi connectivity index (χ4n) is 7.95. The summed E-state index contributed by atoms with van der Waals surface area (Å²) in [5.41, 5.74) is 11.2. The lowest BCUT2D eigenvalue weighted by Crippen LogP contribution is -2.23. The molecule has 0 bridgehead atoms. The zero-order chi connectivity index (χ0) is 41.9. The molecule has 0 amide bonds. The van der Waals surface area contributed by atoms with E-state index in [1.807, 2.05) is 99.9 Å². The summed E-state index contributed by atoms with van der Waals surface area (Å²) in [6.07, 6.45) is 0.330. The van der Waals surface area contributed by atoms with Gasteiger partial charge < -0.3 is 9.80 Å². The standard InChI is InChI=1S/C43H50N2O9S3/c1-29-25-31(3)42(32(4)26-29)44(21-9-23-55(46,47)48)37-17-13-35(14-18-37)41(39-11-7-8-12-40(39)57(52,53)54)36-15-19-38(20-16-36)45(22-10-24-56(49,50)51)43-33(5)27-30(2)28-34(43)6/h7-8,11-20,25-28,41H,9-10,21-24H2,1-6H3,(H,46,47,48)(H,49,50,51)(H,52,53,54). The Balaban J connectivity index is 1.62. The maximum Gasteiger partial charge on any atom is 0.294 e. The first-order valence-corrected chi connectivity index (χ1v) is 23.2. The molecule has 0 heterocycles. The molecular formula is C43H50N2O9S3. The molecule has 11 nitrogen and oxygen atoms in total. The summed E-state index contributed by atoms with van der Waals surface area (Å²) in [4.78, 5) is 3.79. The number of rotatable bonds is 16. The molecule has 0 radical (unpaired) electrons. The molecule has 304 valence electrons. The van der Waals surface area contributed by atoms with Crippen LogP contribution in [0, 0.1) is 41.5 Å². The normalized spacial score (nSPS) is 12.2. The molecule has 0 saturated carbocycles. The molecule has 3 N–H and O–H groups in total. The first-order valence-electron chi connectivity index (χ1n) is 18.5. The van der Waals surface area contributed by atoms with Gasteiger partial charge in [-0.2, -0.15) is 25.3 Å². The van der Waals surface area contributed by atoms with Crippen molar-refractivity contribution in [2.45, 2.75) is 65.2 Å². The molecule has 0 spiro atoms. The number of aryl methyl sites for hydroxylation is 6. The van der Waals surface area contributed by atoms with E-state index in [4.69, 9.17) is 0 Å². The maximum atomic E-state index is 12.8. The van der Waals surface area contributed by atoms with E-state index in [0.717, 1.165) is 56.1 Å². The maximum absolute atomic E-state index is 12.8. The fourth-order valence-corrected chi connectivity index (χ4v) is 9.67. The number of hydrogen-bond donors (Lipinski definition) is 3. The van der Waals surface area contributed by atoms with Crippen LogP contribution in [0.1, 0.15) is 68.8 Å². The van der Waals surface area contributed by atoms with Crippen molar-refractivity contribution in [3.8, 4) is 0 Å². The van der Waals surface area contributed by atoms with Crippen LogP contribution in [-0.2, 0) is 30.4 Å². The van der Waals surface area contributed by atoms with Crippen molar-refractivity contribution < 1.29 is 38.9 Å². The van der Waals surface area contributed by atoms with E-state index in [1.165, 1.54) is 6.07 Å². The highest BCUT2D eigenvalue weighted by atomic mass is 32.2. The Morgan fingerprint density at radius 3 is 1.19 bits per heavy atom. The van der Waals surface area contributed by atoms with Crippen LogP contribution >= 0.6 is 0 Å². The molecule has 0 aliphatic rings. The SMILES string of the molecule is Cc1cc(C)c(N(CCCS(=O)(=O)O)c2ccc(C(c3ccc(N(CCCS(=O)(=O)O)c4c(C)cc(C)cc4C)cc3)c3ccccc3S(=O)(=O)O)cc2)c(C)c1. The van der Waals surface area contributed by atoms with Gasteiger partial charge in [0.25, 0.3) is 30.4 Å². The Bertz CT molecular complexity index is 2380. The fraction of sp³-hybridized carbons (Fsp3) is 0.302. The highest BCUT2D eigenvalue weighted by Gasteiger charge is 2.26. The third kappa shape index (κ3) is 11.1. The molecule has 5 aromatic carbocycles. The molecule has 57 heavy (non-hydrogen) atoms. The van der Waals surface area contributed by atoms with Gasteiger partial charge in [-0.15, -0.1) is 0 Å². The summed E-state index contributed by atoms with van der Waals surface area (Å²) in [6.45, 7) is 12.5. The van der Waals surface area contributed by atoms with E-state index in [9.17, 15) is 38.9 Å². The average molecular weight is 835 g/mol. The van der Waals surface area contributed by atoms with Crippen molar-refractivity contribution in [1.29, 1.82) is 0 Å². The van der Waals surface area contributed by atoms with Crippen LogP contribution in [0.25, 0.3) is 0 Å². The molecule has 0 fully saturated rings. The van der Waals surface area contributed by atoms with Crippen LogP contribution in [0.4, 0.5) is 22.7 Å². The quantitative estimate of drug-likeness (QED) is 0.0642. The lowest BCUT2D eigenvalue weighted by molar-refractivity contribution is 0.479. The van der Waals surface area contributed by atoms with Crippen molar-refractivity contribution in [3.63, 3.8) is 0 Å². The van der Waals surface area contributed by atoms with Crippen molar-refractivity contribution >= 4 is 53.1 Å². The number of benzene rings is 5. The monoisotopic (exact) mass is 834 g/mol. The molecule has 0 aromatic heterocycles. The number of nitrogens with zero attached hydrogens (tertiary/aromatic N) is 2. The second kappa shape index (κ2) is 17.5. The molecule has 5 aromatic rings. The van der Waals surface area contributed by atoms with E-state index in [2.05, 4.69) is 24.3 Å². The first-order chi connectivity index (χ1) is 26.6. The molecule has 5 rings (SSSR count). The second-order valence-electron chi connectivity index (χ2n) is 14.7. The predicted octanol–water partition coefficient (Wildman–Crippen LogP) is 8.80. The van der Waals surface area contributed by atoms with Gasteiger partial charge in [-0.1, -0.05) is 77.9 Å². The van der Waals surface area contributed by atoms with Crippen LogP contribution in [0.15, 0.2) is 102 Å². The van der Waals surface area contributed by atoms with E-state index in [0.29, 0.717) is 29.8 Å². The Kier molecular flexibility index (Phi) is 13.4. The number of hydrogen-bond acceptors (Lipinski definition) is 8. The third-order valence-electron chi connectivity index (χ3n) is 9.96. The van der Waals surface area contributed by atoms with Crippen LogP contribution in [0.5, 0.6) is 0 Å². The summed E-state index contributed by atoms with van der Waals surface area (Å²) < 4.78 is 101. The van der Waals surface area contributed by atoms with Crippen LogP contribution in [0.2, 0.25) is 0 Å². The Morgan fingerprint density at radius 1 is 0.509 bits per heavy atom. The zero-order valence-corrected chi connectivity index (χ0v) is 35.4. The van der Waals surface area contributed by atoms with Gasteiger partial charge in [-0.25, -0.2) is 0 Å². The molecule has 0 atom stereocenters. The molecule has 0 saturated heterocycles. The summed E-state index contributed by atoms with van der Waals surface area (Å²) in [6, 6.07) is 29.5. The van der Waals surface area contributed by atoms with E-state index in [-0.39, 0.29) is 17.7 Å². The second-order valence-corrected chi connectivity index (χ2v) is 19.2. The van der Waals surface area contributed by atoms with Gasteiger partial charge in [0.1, 0.15) is 0 Å². The predicted molar refractivity (Wildman–Crippen MR) is 227 cm³/mol.